The zero-order chi connectivity index (χ0) is 13.0. The second kappa shape index (κ2) is 4.07. The van der Waals surface area contributed by atoms with Gasteiger partial charge >= 0.3 is 0 Å². The molecular formula is C18H24O. The quantitative estimate of drug-likeness (QED) is 0.586. The Hall–Kier alpha value is -0.850. The van der Waals surface area contributed by atoms with Gasteiger partial charge in [0.1, 0.15) is 5.78 Å². The molecule has 1 unspecified atom stereocenters. The van der Waals surface area contributed by atoms with Crippen LogP contribution >= 0.6 is 0 Å². The lowest BCUT2D eigenvalue weighted by Gasteiger charge is -2.48. The van der Waals surface area contributed by atoms with Crippen LogP contribution in [0.25, 0.3) is 0 Å². The lowest BCUT2D eigenvalue weighted by Crippen LogP contribution is -2.38. The number of allylic oxidation sites excluding steroid dienone is 4. The summed E-state index contributed by atoms with van der Waals surface area (Å²) in [5.41, 5.74) is 4.01. The summed E-state index contributed by atoms with van der Waals surface area (Å²) in [6.45, 7) is 2.47. The molecule has 2 fully saturated rings. The van der Waals surface area contributed by atoms with Crippen molar-refractivity contribution < 1.29 is 4.79 Å². The van der Waals surface area contributed by atoms with Crippen LogP contribution in [0.3, 0.4) is 0 Å². The maximum atomic E-state index is 11.7. The summed E-state index contributed by atoms with van der Waals surface area (Å²) < 4.78 is 0. The van der Waals surface area contributed by atoms with Gasteiger partial charge < -0.3 is 0 Å². The summed E-state index contributed by atoms with van der Waals surface area (Å²) in [7, 11) is 0. The van der Waals surface area contributed by atoms with Crippen LogP contribution in [-0.2, 0) is 4.79 Å². The Morgan fingerprint density at radius 2 is 2.05 bits per heavy atom. The minimum absolute atomic E-state index is 0.478. The minimum atomic E-state index is 0.478. The Balaban J connectivity index is 1.69. The van der Waals surface area contributed by atoms with E-state index in [1.807, 2.05) is 0 Å². The van der Waals surface area contributed by atoms with E-state index >= 15 is 0 Å². The van der Waals surface area contributed by atoms with Gasteiger partial charge in [-0.2, -0.15) is 0 Å². The molecular weight excluding hydrogens is 232 g/mol. The average Bonchev–Trinajstić information content (AvgIpc) is 2.79. The Morgan fingerprint density at radius 3 is 2.95 bits per heavy atom. The highest BCUT2D eigenvalue weighted by molar-refractivity contribution is 5.80. The van der Waals surface area contributed by atoms with Crippen LogP contribution < -0.4 is 0 Å². The van der Waals surface area contributed by atoms with Crippen molar-refractivity contribution in [3.63, 3.8) is 0 Å². The van der Waals surface area contributed by atoms with E-state index in [0.29, 0.717) is 17.1 Å². The molecule has 0 amide bonds. The molecule has 0 spiro atoms. The van der Waals surface area contributed by atoms with Crippen molar-refractivity contribution in [1.29, 1.82) is 0 Å². The third-order valence-electron chi connectivity index (χ3n) is 6.48. The van der Waals surface area contributed by atoms with Crippen molar-refractivity contribution in [2.45, 2.75) is 58.3 Å². The molecule has 4 atom stereocenters. The molecule has 0 aromatic heterocycles. The van der Waals surface area contributed by atoms with Gasteiger partial charge in [0.25, 0.3) is 0 Å². The predicted octanol–water partition coefficient (Wildman–Crippen LogP) is 4.44. The van der Waals surface area contributed by atoms with Crippen LogP contribution in [0.5, 0.6) is 0 Å². The summed E-state index contributed by atoms with van der Waals surface area (Å²) in [5, 5.41) is 0. The van der Waals surface area contributed by atoms with Crippen molar-refractivity contribution >= 4 is 5.78 Å². The van der Waals surface area contributed by atoms with E-state index in [-0.39, 0.29) is 0 Å². The van der Waals surface area contributed by atoms with Gasteiger partial charge in [-0.25, -0.2) is 0 Å². The van der Waals surface area contributed by atoms with Crippen molar-refractivity contribution in [2.75, 3.05) is 0 Å². The molecule has 19 heavy (non-hydrogen) atoms. The molecule has 0 saturated heterocycles. The highest BCUT2D eigenvalue weighted by atomic mass is 16.1. The molecule has 0 aliphatic heterocycles. The first kappa shape index (κ1) is 11.9. The molecule has 102 valence electrons. The molecule has 1 nitrogen and oxygen atoms in total. The first-order valence-electron chi connectivity index (χ1n) is 8.08. The number of rotatable bonds is 0. The molecule has 4 aliphatic rings. The Labute approximate surface area is 116 Å². The molecule has 0 radical (unpaired) electrons. The molecule has 0 heterocycles. The molecule has 0 aromatic rings. The summed E-state index contributed by atoms with van der Waals surface area (Å²) in [4.78, 5) is 11.7. The molecule has 1 heteroatoms. The highest BCUT2D eigenvalue weighted by Gasteiger charge is 2.47. The fraction of sp³-hybridized carbons (Fsp3) is 0.722. The molecule has 0 N–H and O–H groups in total. The van der Waals surface area contributed by atoms with Crippen LogP contribution in [0, 0.1) is 23.2 Å². The monoisotopic (exact) mass is 256 g/mol. The molecule has 4 rings (SSSR count). The van der Waals surface area contributed by atoms with E-state index in [4.69, 9.17) is 0 Å². The Morgan fingerprint density at radius 1 is 1.16 bits per heavy atom. The number of Topliss-reactive ketones (excluding diaryl/α,β-unsaturated/α-hetero) is 1. The molecule has 2 saturated carbocycles. The minimum Gasteiger partial charge on any atom is -0.300 e. The predicted molar refractivity (Wildman–Crippen MR) is 76.7 cm³/mol. The second-order valence-corrected chi connectivity index (χ2v) is 7.42. The summed E-state index contributed by atoms with van der Waals surface area (Å²) >= 11 is 0. The van der Waals surface area contributed by atoms with E-state index in [0.717, 1.165) is 31.1 Å². The van der Waals surface area contributed by atoms with Gasteiger partial charge in [-0.3, -0.25) is 4.79 Å². The standard InChI is InChI=1S/C18H24O/c1-18-9-2-3-17(18)16-6-4-12-11-13(19)5-7-14(12)15(16)8-10-18/h2,9,12,16-17H,3-8,10-11H2,1H3/t12?,16-,17+,18+/m1/s1. The number of hydrogen-bond donors (Lipinski definition) is 0. The van der Waals surface area contributed by atoms with E-state index in [2.05, 4.69) is 19.1 Å². The van der Waals surface area contributed by atoms with Crippen LogP contribution in [0.2, 0.25) is 0 Å². The fourth-order valence-corrected chi connectivity index (χ4v) is 5.43. The summed E-state index contributed by atoms with van der Waals surface area (Å²) in [6.07, 6.45) is 14.2. The zero-order valence-electron chi connectivity index (χ0n) is 12.0. The average molecular weight is 256 g/mol. The fourth-order valence-electron chi connectivity index (χ4n) is 5.43. The van der Waals surface area contributed by atoms with Gasteiger partial charge in [0.2, 0.25) is 0 Å². The van der Waals surface area contributed by atoms with Gasteiger partial charge in [0.05, 0.1) is 0 Å². The van der Waals surface area contributed by atoms with E-state index in [9.17, 15) is 4.79 Å². The van der Waals surface area contributed by atoms with Crippen LogP contribution in [0.1, 0.15) is 58.3 Å². The molecule has 0 bridgehead atoms. The number of carbonyl (C=O) groups excluding carboxylic acids is 1. The third kappa shape index (κ3) is 1.70. The maximum absolute atomic E-state index is 11.7. The van der Waals surface area contributed by atoms with Crippen molar-refractivity contribution in [3.05, 3.63) is 23.3 Å². The van der Waals surface area contributed by atoms with E-state index < -0.39 is 0 Å². The molecule has 4 aliphatic carbocycles. The van der Waals surface area contributed by atoms with E-state index in [1.165, 1.54) is 32.1 Å². The van der Waals surface area contributed by atoms with Gasteiger partial charge in [-0.05, 0) is 61.7 Å². The number of ketones is 1. The smallest absolute Gasteiger partial charge is 0.133 e. The number of carbonyl (C=O) groups is 1. The SMILES string of the molecule is C[C@@]12C=CC[C@H]1[C@@H]1CCC3CC(=O)CCC3=C1CC2. The third-order valence-corrected chi connectivity index (χ3v) is 6.48. The molecule has 0 aromatic carbocycles. The van der Waals surface area contributed by atoms with Crippen molar-refractivity contribution in [1.82, 2.24) is 0 Å². The first-order valence-corrected chi connectivity index (χ1v) is 8.08. The Bertz CT molecular complexity index is 484. The lowest BCUT2D eigenvalue weighted by atomic mass is 9.56. The summed E-state index contributed by atoms with van der Waals surface area (Å²) in [6, 6.07) is 0. The van der Waals surface area contributed by atoms with Gasteiger partial charge in [0, 0.05) is 12.8 Å². The normalized spacial score (nSPS) is 44.9. The van der Waals surface area contributed by atoms with Crippen LogP contribution in [-0.4, -0.2) is 5.78 Å². The van der Waals surface area contributed by atoms with Crippen molar-refractivity contribution in [2.24, 2.45) is 23.2 Å². The van der Waals surface area contributed by atoms with Crippen LogP contribution in [0.15, 0.2) is 23.3 Å². The maximum Gasteiger partial charge on any atom is 0.133 e. The number of hydrogen-bond acceptors (Lipinski definition) is 1. The topological polar surface area (TPSA) is 17.1 Å². The Kier molecular flexibility index (Phi) is 2.56. The lowest BCUT2D eigenvalue weighted by molar-refractivity contribution is -0.120. The van der Waals surface area contributed by atoms with Crippen LogP contribution in [0.4, 0.5) is 0 Å². The number of fused-ring (bicyclic) bond motifs is 4. The van der Waals surface area contributed by atoms with Gasteiger partial charge in [0.15, 0.2) is 0 Å². The second-order valence-electron chi connectivity index (χ2n) is 7.42. The van der Waals surface area contributed by atoms with Crippen molar-refractivity contribution in [3.8, 4) is 0 Å². The summed E-state index contributed by atoms with van der Waals surface area (Å²) in [5.74, 6) is 2.85. The first-order chi connectivity index (χ1) is 9.17. The highest BCUT2D eigenvalue weighted by Crippen LogP contribution is 2.58. The largest absolute Gasteiger partial charge is 0.300 e. The van der Waals surface area contributed by atoms with E-state index in [1.54, 1.807) is 11.1 Å². The van der Waals surface area contributed by atoms with Gasteiger partial charge in [-0.1, -0.05) is 30.2 Å². The van der Waals surface area contributed by atoms with Gasteiger partial charge in [-0.15, -0.1) is 0 Å². The zero-order valence-corrected chi connectivity index (χ0v) is 12.0.